The van der Waals surface area contributed by atoms with E-state index in [-0.39, 0.29) is 12.5 Å². The van der Waals surface area contributed by atoms with Crippen molar-refractivity contribution in [2.45, 2.75) is 65.9 Å². The zero-order chi connectivity index (χ0) is 38.4. The molecule has 0 N–H and O–H groups in total. The third kappa shape index (κ3) is 8.76. The Bertz CT molecular complexity index is 2240. The van der Waals surface area contributed by atoms with E-state index in [9.17, 15) is 4.79 Å². The second-order valence-corrected chi connectivity index (χ2v) is 20.5. The monoisotopic (exact) mass is 739 g/mol. The van der Waals surface area contributed by atoms with Gasteiger partial charge >= 0.3 is 0 Å². The summed E-state index contributed by atoms with van der Waals surface area (Å²) in [6, 6.07) is 33.2. The van der Waals surface area contributed by atoms with Gasteiger partial charge in [0.15, 0.2) is 0 Å². The van der Waals surface area contributed by atoms with Gasteiger partial charge in [-0.15, -0.1) is 0 Å². The number of aromatic nitrogens is 2. The van der Waals surface area contributed by atoms with Crippen LogP contribution in [0.15, 0.2) is 97.1 Å². The molecule has 6 aromatic rings. The van der Waals surface area contributed by atoms with Crippen LogP contribution in [0.3, 0.4) is 0 Å². The second kappa shape index (κ2) is 16.6. The quantitative estimate of drug-likeness (QED) is 0.0593. The zero-order valence-electron chi connectivity index (χ0n) is 32.3. The molecule has 278 valence electrons. The number of carbonyl (C=O) groups is 1. The summed E-state index contributed by atoms with van der Waals surface area (Å²) in [7, 11) is 2.03. The lowest BCUT2D eigenvalue weighted by molar-refractivity contribution is -0.116. The van der Waals surface area contributed by atoms with Crippen molar-refractivity contribution in [3.63, 3.8) is 0 Å². The van der Waals surface area contributed by atoms with E-state index in [1.165, 1.54) is 0 Å². The Morgan fingerprint density at radius 2 is 1.48 bits per heavy atom. The first-order valence-electron chi connectivity index (χ1n) is 18.2. The van der Waals surface area contributed by atoms with Gasteiger partial charge in [-0.2, -0.15) is 0 Å². The van der Waals surface area contributed by atoms with Crippen LogP contribution in [0.4, 0.5) is 17.2 Å². The van der Waals surface area contributed by atoms with Crippen LogP contribution in [0.25, 0.3) is 26.7 Å². The number of ether oxygens (including phenoxy) is 3. The Labute approximate surface area is 319 Å². The lowest BCUT2D eigenvalue weighted by Gasteiger charge is -2.26. The van der Waals surface area contributed by atoms with Gasteiger partial charge in [-0.05, 0) is 82.9 Å². The molecular formula is C44H49N5O4Si. The Kier molecular flexibility index (Phi) is 11.7. The molecule has 0 radical (unpaired) electrons. The molecule has 0 spiro atoms. The minimum absolute atomic E-state index is 0.151. The van der Waals surface area contributed by atoms with Gasteiger partial charge in [0.1, 0.15) is 24.0 Å². The molecule has 2 aromatic heterocycles. The maximum absolute atomic E-state index is 13.4. The number of methoxy groups -OCH3 is 2. The third-order valence-corrected chi connectivity index (χ3v) is 11.4. The van der Waals surface area contributed by atoms with E-state index >= 15 is 0 Å². The maximum Gasteiger partial charge on any atom is 0.223 e. The van der Waals surface area contributed by atoms with Gasteiger partial charge in [-0.3, -0.25) is 4.79 Å². The lowest BCUT2D eigenvalue weighted by atomic mass is 10.1. The Morgan fingerprint density at radius 1 is 0.852 bits per heavy atom. The molecule has 4 aromatic carbocycles. The van der Waals surface area contributed by atoms with E-state index in [1.54, 1.807) is 26.0 Å². The van der Waals surface area contributed by atoms with Gasteiger partial charge in [0.25, 0.3) is 0 Å². The summed E-state index contributed by atoms with van der Waals surface area (Å²) in [5, 5.41) is 1.78. The highest BCUT2D eigenvalue weighted by molar-refractivity contribution is 6.76. The van der Waals surface area contributed by atoms with Crippen LogP contribution in [0, 0.1) is 13.5 Å². The fraction of sp³-hybridized carbons (Fsp3) is 0.295. The topological polar surface area (TPSA) is 73.4 Å². The van der Waals surface area contributed by atoms with E-state index in [4.69, 9.17) is 25.8 Å². The van der Waals surface area contributed by atoms with Crippen LogP contribution >= 0.6 is 0 Å². The molecule has 10 heteroatoms. The van der Waals surface area contributed by atoms with E-state index in [2.05, 4.69) is 77.3 Å². The number of carbonyl (C=O) groups excluding carboxylic acids is 1. The number of anilines is 2. The normalized spacial score (nSPS) is 11.4. The van der Waals surface area contributed by atoms with Gasteiger partial charge in [0.05, 0.1) is 44.1 Å². The number of nitrogens with zero attached hydrogens (tertiary/aromatic N) is 5. The second-order valence-electron chi connectivity index (χ2n) is 14.9. The average Bonchev–Trinajstić information content (AvgIpc) is 3.49. The lowest BCUT2D eigenvalue weighted by Crippen LogP contribution is -2.29. The minimum Gasteiger partial charge on any atom is -0.497 e. The third-order valence-electron chi connectivity index (χ3n) is 9.70. The van der Waals surface area contributed by atoms with Gasteiger partial charge in [-0.1, -0.05) is 74.2 Å². The summed E-state index contributed by atoms with van der Waals surface area (Å²) in [6.07, 6.45) is 0. The molecular weight excluding hydrogens is 691 g/mol. The van der Waals surface area contributed by atoms with Gasteiger partial charge < -0.3 is 28.6 Å². The number of benzene rings is 4. The van der Waals surface area contributed by atoms with Gasteiger partial charge in [-0.25, -0.2) is 9.83 Å². The number of amides is 1. The number of fused-ring (bicyclic) bond motifs is 2. The number of rotatable bonds is 15. The van der Waals surface area contributed by atoms with Gasteiger partial charge in [0.2, 0.25) is 11.6 Å². The van der Waals surface area contributed by atoms with Gasteiger partial charge in [0, 0.05) is 40.4 Å². The fourth-order valence-electron chi connectivity index (χ4n) is 6.67. The fourth-order valence-corrected chi connectivity index (χ4v) is 7.43. The molecule has 0 saturated heterocycles. The first kappa shape index (κ1) is 38.1. The predicted octanol–water partition coefficient (Wildman–Crippen LogP) is 10.1. The summed E-state index contributed by atoms with van der Waals surface area (Å²) in [6.45, 7) is 21.3. The van der Waals surface area contributed by atoms with Crippen LogP contribution in [-0.2, 0) is 35.9 Å². The Balaban J connectivity index is 1.43. The van der Waals surface area contributed by atoms with E-state index in [0.717, 1.165) is 67.6 Å². The molecule has 0 bridgehead atoms. The molecule has 0 aliphatic heterocycles. The smallest absolute Gasteiger partial charge is 0.223 e. The standard InChI is InChI=1S/C44H49N5O4Si/c1-31-25-42-40(46-44(31)47(27-33-13-18-37(51-4)19-14-33)28-34-15-20-38(52-5)21-16-34)26-36(49(42)30-53-23-24-54(6,7)8)29-48(32(2)50)41-22-17-35-11-9-10-12-39(35)43(41)45-3/h9-22,25-26H,23-24,27-30H2,1-2,4-8H3. The molecule has 6 rings (SSSR count). The molecule has 9 nitrogen and oxygen atoms in total. The molecule has 0 aliphatic rings. The van der Waals surface area contributed by atoms with Crippen molar-refractivity contribution in [2.75, 3.05) is 30.6 Å². The SMILES string of the molecule is [C-]#[N+]c1c(N(Cc2cc3nc(N(Cc4ccc(OC)cc4)Cc4ccc(OC)cc4)c(C)cc3n2COCC[Si](C)(C)C)C(C)=O)ccc2ccccc12. The summed E-state index contributed by atoms with van der Waals surface area (Å²) in [5.41, 5.74) is 6.93. The van der Waals surface area contributed by atoms with Crippen molar-refractivity contribution in [3.05, 3.63) is 131 Å². The Morgan fingerprint density at radius 3 is 2.06 bits per heavy atom. The molecule has 0 unspecified atom stereocenters. The highest BCUT2D eigenvalue weighted by atomic mass is 28.3. The maximum atomic E-state index is 13.4. The summed E-state index contributed by atoms with van der Waals surface area (Å²) in [4.78, 5) is 26.7. The molecule has 1 amide bonds. The van der Waals surface area contributed by atoms with E-state index in [0.29, 0.717) is 37.8 Å². The Hall–Kier alpha value is -5.63. The average molecular weight is 740 g/mol. The van der Waals surface area contributed by atoms with Crippen LogP contribution in [0.5, 0.6) is 11.5 Å². The summed E-state index contributed by atoms with van der Waals surface area (Å²) in [5.74, 6) is 2.33. The molecule has 54 heavy (non-hydrogen) atoms. The first-order valence-corrected chi connectivity index (χ1v) is 21.9. The van der Waals surface area contributed by atoms with Crippen LogP contribution in [0.2, 0.25) is 25.7 Å². The largest absolute Gasteiger partial charge is 0.497 e. The molecule has 0 saturated carbocycles. The summed E-state index contributed by atoms with van der Waals surface area (Å²) < 4.78 is 19.3. The minimum atomic E-state index is -1.32. The molecule has 0 atom stereocenters. The molecule has 0 aliphatic carbocycles. The highest BCUT2D eigenvalue weighted by Crippen LogP contribution is 2.38. The number of hydrogen-bond acceptors (Lipinski definition) is 6. The molecule has 2 heterocycles. The van der Waals surface area contributed by atoms with Crippen LogP contribution in [-0.4, -0.2) is 44.4 Å². The van der Waals surface area contributed by atoms with Crippen molar-refractivity contribution in [3.8, 4) is 11.5 Å². The first-order chi connectivity index (χ1) is 26.0. The van der Waals surface area contributed by atoms with E-state index < -0.39 is 8.07 Å². The highest BCUT2D eigenvalue weighted by Gasteiger charge is 2.23. The van der Waals surface area contributed by atoms with Crippen molar-refractivity contribution in [1.82, 2.24) is 9.55 Å². The number of pyridine rings is 1. The van der Waals surface area contributed by atoms with E-state index in [1.807, 2.05) is 60.7 Å². The predicted molar refractivity (Wildman–Crippen MR) is 222 cm³/mol. The number of aryl methyl sites for hydroxylation is 1. The van der Waals surface area contributed by atoms with Crippen LogP contribution < -0.4 is 19.3 Å². The molecule has 0 fully saturated rings. The van der Waals surface area contributed by atoms with Crippen LogP contribution in [0.1, 0.15) is 29.3 Å². The van der Waals surface area contributed by atoms with Crippen molar-refractivity contribution in [1.29, 1.82) is 0 Å². The number of hydrogen-bond donors (Lipinski definition) is 0. The zero-order valence-corrected chi connectivity index (χ0v) is 33.3. The van der Waals surface area contributed by atoms with Crippen molar-refractivity contribution >= 4 is 53.0 Å². The van der Waals surface area contributed by atoms with Crippen molar-refractivity contribution in [2.24, 2.45) is 0 Å². The summed E-state index contributed by atoms with van der Waals surface area (Å²) >= 11 is 0. The van der Waals surface area contributed by atoms with Crippen molar-refractivity contribution < 1.29 is 19.0 Å².